The second-order valence-corrected chi connectivity index (χ2v) is 15.7. The number of phenols is 3. The number of esters is 1. The highest BCUT2D eigenvalue weighted by Gasteiger charge is 2.49. The maximum atomic E-state index is 14.6. The fraction of sp³-hybridized carbons (Fsp3) is 0.442. The van der Waals surface area contributed by atoms with E-state index in [0.29, 0.717) is 5.56 Å². The van der Waals surface area contributed by atoms with Crippen LogP contribution < -0.4 is 24.4 Å². The average molecular weight is 965 g/mol. The molecule has 0 bridgehead atoms. The van der Waals surface area contributed by atoms with Gasteiger partial charge in [0.05, 0.1) is 26.9 Å². The Bertz CT molecular complexity index is 2510. The van der Waals surface area contributed by atoms with Gasteiger partial charge in [0.25, 0.3) is 0 Å². The van der Waals surface area contributed by atoms with Gasteiger partial charge in [-0.15, -0.1) is 0 Å². The molecule has 3 fully saturated rings. The molecule has 0 spiro atoms. The van der Waals surface area contributed by atoms with Crippen molar-refractivity contribution in [1.82, 2.24) is 0 Å². The van der Waals surface area contributed by atoms with E-state index in [1.165, 1.54) is 31.4 Å². The molecule has 0 amide bonds. The Kier molecular flexibility index (Phi) is 15.3. The number of phenolic OH excluding ortho intramolecular Hbond substituents is 3. The summed E-state index contributed by atoms with van der Waals surface area (Å²) in [5, 5.41) is 145. The predicted molar refractivity (Wildman–Crippen MR) is 222 cm³/mol. The average Bonchev–Trinajstić information content (AvgIpc) is 3.32. The summed E-state index contributed by atoms with van der Waals surface area (Å²) in [4.78, 5) is 27.8. The quantitative estimate of drug-likeness (QED) is 0.0429. The van der Waals surface area contributed by atoms with E-state index < -0.39 is 163 Å². The second-order valence-electron chi connectivity index (χ2n) is 15.7. The molecule has 4 heterocycles. The zero-order valence-corrected chi connectivity index (χ0v) is 35.3. The summed E-state index contributed by atoms with van der Waals surface area (Å²) in [6.45, 7) is -2.54. The normalized spacial score (nSPS) is 31.9. The highest BCUT2D eigenvalue weighted by atomic mass is 16.7. The molecular weight excluding hydrogens is 916 g/mol. The van der Waals surface area contributed by atoms with Crippen LogP contribution >= 0.6 is 0 Å². The summed E-state index contributed by atoms with van der Waals surface area (Å²) in [5.41, 5.74) is -1.60. The topological polar surface area (TPSA) is 404 Å². The van der Waals surface area contributed by atoms with E-state index in [-0.39, 0.29) is 22.8 Å². The fourth-order valence-electron chi connectivity index (χ4n) is 7.50. The van der Waals surface area contributed by atoms with Gasteiger partial charge in [0, 0.05) is 23.8 Å². The molecule has 15 atom stereocenters. The van der Waals surface area contributed by atoms with Gasteiger partial charge in [0.15, 0.2) is 34.9 Å². The number of ether oxygens (including phenoxy) is 8. The number of methoxy groups -OCH3 is 1. The van der Waals surface area contributed by atoms with Crippen LogP contribution in [0.25, 0.3) is 28.4 Å². The molecule has 0 saturated carbocycles. The van der Waals surface area contributed by atoms with Crippen LogP contribution in [0.3, 0.4) is 0 Å². The maximum absolute atomic E-state index is 14.6. The molecule has 25 nitrogen and oxygen atoms in total. The highest BCUT2D eigenvalue weighted by Crippen LogP contribution is 2.41. The van der Waals surface area contributed by atoms with Crippen LogP contribution in [0.5, 0.6) is 40.2 Å². The number of aliphatic hydroxyl groups excluding tert-OH is 11. The third-order valence-corrected chi connectivity index (χ3v) is 11.2. The Hall–Kier alpha value is -5.88. The highest BCUT2D eigenvalue weighted by molar-refractivity contribution is 5.89. The summed E-state index contributed by atoms with van der Waals surface area (Å²) in [6, 6.07) is 9.12. The van der Waals surface area contributed by atoms with Crippen LogP contribution in [0.1, 0.15) is 5.56 Å². The van der Waals surface area contributed by atoms with E-state index in [2.05, 4.69) is 0 Å². The molecule has 3 aromatic carbocycles. The van der Waals surface area contributed by atoms with Crippen molar-refractivity contribution in [2.45, 2.75) is 92.1 Å². The standard InChI is InChI=1S/C43H48O25/c1-60-22-8-15(2-5-18(22)47)3-7-27(50)67-40-35(57)31(53)26(14-46)66-43(40)68-39-32(54)28-20(49)10-17(61-41-36(58)33(55)29(51)24(12-44)64-41)11-23(28)62-38(39)16-4-6-21(19(48)9-16)63-42-37(59)34(56)30(52)25(13-45)65-42/h2-11,24-26,29-31,33-37,40-49,51-53,55-59H,12-14H2,1H3/b7-3+/t24-,25-,26-,29-,30-,31-,33+,34+,35+,36-,37-,40-,41-,42-,43+/m1/s1. The van der Waals surface area contributed by atoms with Gasteiger partial charge in [-0.1, -0.05) is 6.07 Å². The van der Waals surface area contributed by atoms with Crippen molar-refractivity contribution < 1.29 is 119 Å². The van der Waals surface area contributed by atoms with Gasteiger partial charge in [-0.3, -0.25) is 4.79 Å². The van der Waals surface area contributed by atoms with Crippen molar-refractivity contribution in [3.8, 4) is 51.6 Å². The fourth-order valence-corrected chi connectivity index (χ4v) is 7.50. The maximum Gasteiger partial charge on any atom is 0.331 e. The Morgan fingerprint density at radius 1 is 0.618 bits per heavy atom. The van der Waals surface area contributed by atoms with Crippen LogP contribution in [0.2, 0.25) is 0 Å². The van der Waals surface area contributed by atoms with Crippen LogP contribution in [0.4, 0.5) is 0 Å². The lowest BCUT2D eigenvalue weighted by Crippen LogP contribution is -2.61. The SMILES string of the molecule is COc1cc(/C=C/C(=O)O[C@H]2[C@H](Oc3c(-c4ccc(O[C@@H]5O[C@H](CO)[C@@H](O)[C@H](O)[C@H]5O)c(O)c4)oc4cc(O[C@@H]5O[C@H](CO)[C@@H](O)[C@H](O)[C@H]5O)cc(O)c4c3=O)O[C@H](CO)[C@@H](O)[C@@H]2O)ccc1O. The first-order chi connectivity index (χ1) is 32.4. The predicted octanol–water partition coefficient (Wildman–Crippen LogP) is -3.61. The molecule has 0 radical (unpaired) electrons. The molecule has 1 aromatic heterocycles. The Morgan fingerprint density at radius 2 is 1.21 bits per heavy atom. The third kappa shape index (κ3) is 9.98. The Labute approximate surface area is 382 Å². The lowest BCUT2D eigenvalue weighted by Gasteiger charge is -2.41. The molecule has 3 aliphatic rings. The molecule has 3 saturated heterocycles. The minimum absolute atomic E-state index is 0.0705. The van der Waals surface area contributed by atoms with Crippen molar-refractivity contribution in [1.29, 1.82) is 0 Å². The first-order valence-electron chi connectivity index (χ1n) is 20.6. The Morgan fingerprint density at radius 3 is 1.79 bits per heavy atom. The molecule has 68 heavy (non-hydrogen) atoms. The number of hydrogen-bond acceptors (Lipinski definition) is 25. The van der Waals surface area contributed by atoms with Gasteiger partial charge in [0.1, 0.15) is 89.6 Å². The number of fused-ring (bicyclic) bond motifs is 1. The van der Waals surface area contributed by atoms with Crippen LogP contribution in [0.15, 0.2) is 63.8 Å². The number of rotatable bonds is 14. The van der Waals surface area contributed by atoms with Gasteiger partial charge in [-0.2, -0.15) is 0 Å². The van der Waals surface area contributed by atoms with Gasteiger partial charge in [-0.05, 0) is 42.0 Å². The minimum atomic E-state index is -2.07. The zero-order valence-electron chi connectivity index (χ0n) is 35.3. The summed E-state index contributed by atoms with van der Waals surface area (Å²) < 4.78 is 50.3. The largest absolute Gasteiger partial charge is 0.507 e. The van der Waals surface area contributed by atoms with Crippen molar-refractivity contribution in [3.63, 3.8) is 0 Å². The van der Waals surface area contributed by atoms with Gasteiger partial charge >= 0.3 is 5.97 Å². The number of aliphatic hydroxyl groups is 11. The van der Waals surface area contributed by atoms with Crippen molar-refractivity contribution in [2.24, 2.45) is 0 Å². The first-order valence-corrected chi connectivity index (χ1v) is 20.6. The van der Waals surface area contributed by atoms with Crippen LogP contribution in [0, 0.1) is 0 Å². The molecule has 14 N–H and O–H groups in total. The lowest BCUT2D eigenvalue weighted by atomic mass is 9.99. The molecule has 7 rings (SSSR count). The Balaban J connectivity index is 1.29. The first kappa shape index (κ1) is 50.0. The summed E-state index contributed by atoms with van der Waals surface area (Å²) in [7, 11) is 1.30. The summed E-state index contributed by atoms with van der Waals surface area (Å²) in [6.07, 6.45) is -24.8. The molecule has 370 valence electrons. The van der Waals surface area contributed by atoms with E-state index in [1.54, 1.807) is 0 Å². The van der Waals surface area contributed by atoms with E-state index in [9.17, 15) is 81.1 Å². The molecule has 25 heteroatoms. The van der Waals surface area contributed by atoms with Gasteiger partial charge in [-0.25, -0.2) is 4.79 Å². The van der Waals surface area contributed by atoms with Crippen molar-refractivity contribution in [2.75, 3.05) is 26.9 Å². The van der Waals surface area contributed by atoms with Crippen LogP contribution in [-0.2, 0) is 23.7 Å². The number of carbonyl (C=O) groups is 1. The number of carbonyl (C=O) groups excluding carboxylic acids is 1. The molecule has 4 aromatic rings. The smallest absolute Gasteiger partial charge is 0.331 e. The van der Waals surface area contributed by atoms with E-state index >= 15 is 0 Å². The van der Waals surface area contributed by atoms with Crippen LogP contribution in [-0.4, -0.2) is 197 Å². The third-order valence-electron chi connectivity index (χ3n) is 11.2. The lowest BCUT2D eigenvalue weighted by molar-refractivity contribution is -0.281. The van der Waals surface area contributed by atoms with Gasteiger partial charge < -0.3 is 114 Å². The number of benzene rings is 3. The molecule has 3 aliphatic heterocycles. The van der Waals surface area contributed by atoms with E-state index in [0.717, 1.165) is 36.4 Å². The van der Waals surface area contributed by atoms with Gasteiger partial charge in [0.2, 0.25) is 30.0 Å². The van der Waals surface area contributed by atoms with Crippen molar-refractivity contribution >= 4 is 23.0 Å². The molecular formula is C43H48O25. The monoisotopic (exact) mass is 964 g/mol. The second kappa shape index (κ2) is 20.8. The zero-order chi connectivity index (χ0) is 49.3. The number of hydrogen-bond donors (Lipinski definition) is 14. The molecule has 0 aliphatic carbocycles. The van der Waals surface area contributed by atoms with Crippen molar-refractivity contribution in [3.05, 3.63) is 70.4 Å². The summed E-state index contributed by atoms with van der Waals surface area (Å²) in [5.74, 6) is -5.21. The van der Waals surface area contributed by atoms with E-state index in [4.69, 9.17) is 42.3 Å². The summed E-state index contributed by atoms with van der Waals surface area (Å²) >= 11 is 0. The number of aromatic hydroxyl groups is 3. The van der Waals surface area contributed by atoms with E-state index in [1.807, 2.05) is 0 Å². The molecule has 0 unspecified atom stereocenters. The minimum Gasteiger partial charge on any atom is -0.507 e.